The van der Waals surface area contributed by atoms with E-state index in [0.29, 0.717) is 13.0 Å². The SMILES string of the molecule is CC(=O)N[C@H](O)C(C)CCN. The second kappa shape index (κ2) is 5.09. The summed E-state index contributed by atoms with van der Waals surface area (Å²) in [6.07, 6.45) is -0.0578. The average Bonchev–Trinajstić information content (AvgIpc) is 1.86. The summed E-state index contributed by atoms with van der Waals surface area (Å²) in [4.78, 5) is 10.5. The van der Waals surface area contributed by atoms with E-state index in [0.717, 1.165) is 0 Å². The van der Waals surface area contributed by atoms with E-state index in [1.54, 1.807) is 0 Å². The molecule has 0 aromatic heterocycles. The molecule has 0 aliphatic carbocycles. The van der Waals surface area contributed by atoms with Crippen LogP contribution in [0, 0.1) is 5.92 Å². The van der Waals surface area contributed by atoms with Gasteiger partial charge in [0.1, 0.15) is 6.23 Å². The third kappa shape index (κ3) is 4.75. The van der Waals surface area contributed by atoms with Crippen LogP contribution in [0.1, 0.15) is 20.3 Å². The zero-order valence-electron chi connectivity index (χ0n) is 7.00. The van der Waals surface area contributed by atoms with Crippen molar-refractivity contribution in [2.75, 3.05) is 6.54 Å². The van der Waals surface area contributed by atoms with Crippen molar-refractivity contribution in [3.63, 3.8) is 0 Å². The highest BCUT2D eigenvalue weighted by Crippen LogP contribution is 2.03. The van der Waals surface area contributed by atoms with Crippen LogP contribution < -0.4 is 11.1 Å². The molecule has 66 valence electrons. The largest absolute Gasteiger partial charge is 0.373 e. The highest BCUT2D eigenvalue weighted by atomic mass is 16.3. The zero-order chi connectivity index (χ0) is 8.85. The Bertz CT molecular complexity index is 128. The molecule has 0 fully saturated rings. The molecule has 4 heteroatoms. The molecule has 0 aromatic carbocycles. The fraction of sp³-hybridized carbons (Fsp3) is 0.857. The molecule has 0 aromatic rings. The maximum atomic E-state index is 10.5. The quantitative estimate of drug-likeness (QED) is 0.482. The van der Waals surface area contributed by atoms with E-state index < -0.39 is 6.23 Å². The van der Waals surface area contributed by atoms with Crippen LogP contribution in [0.2, 0.25) is 0 Å². The third-order valence-corrected chi connectivity index (χ3v) is 1.51. The Balaban J connectivity index is 3.63. The minimum absolute atomic E-state index is 0.0175. The summed E-state index contributed by atoms with van der Waals surface area (Å²) >= 11 is 0. The third-order valence-electron chi connectivity index (χ3n) is 1.51. The molecule has 0 saturated heterocycles. The van der Waals surface area contributed by atoms with Gasteiger partial charge in [-0.15, -0.1) is 0 Å². The fourth-order valence-corrected chi connectivity index (χ4v) is 0.771. The van der Waals surface area contributed by atoms with Gasteiger partial charge in [0.15, 0.2) is 0 Å². The Morgan fingerprint density at radius 3 is 2.64 bits per heavy atom. The van der Waals surface area contributed by atoms with Crippen LogP contribution in [0.25, 0.3) is 0 Å². The van der Waals surface area contributed by atoms with E-state index in [2.05, 4.69) is 5.32 Å². The van der Waals surface area contributed by atoms with Gasteiger partial charge in [-0.25, -0.2) is 0 Å². The number of rotatable bonds is 4. The second-order valence-electron chi connectivity index (χ2n) is 2.70. The van der Waals surface area contributed by atoms with Crippen molar-refractivity contribution in [3.8, 4) is 0 Å². The van der Waals surface area contributed by atoms with Gasteiger partial charge in [0.2, 0.25) is 5.91 Å². The van der Waals surface area contributed by atoms with E-state index >= 15 is 0 Å². The molecule has 0 spiro atoms. The van der Waals surface area contributed by atoms with E-state index in [4.69, 9.17) is 5.73 Å². The Labute approximate surface area is 66.8 Å². The Hall–Kier alpha value is -0.610. The normalized spacial score (nSPS) is 15.6. The number of aliphatic hydroxyl groups excluding tert-OH is 1. The van der Waals surface area contributed by atoms with Crippen molar-refractivity contribution in [1.82, 2.24) is 5.32 Å². The maximum absolute atomic E-state index is 10.5. The number of nitrogens with one attached hydrogen (secondary N) is 1. The topological polar surface area (TPSA) is 75.3 Å². The molecule has 1 amide bonds. The van der Waals surface area contributed by atoms with Gasteiger partial charge in [-0.2, -0.15) is 0 Å². The molecular formula is C7H16N2O2. The maximum Gasteiger partial charge on any atom is 0.218 e. The average molecular weight is 160 g/mol. The number of aliphatic hydroxyl groups is 1. The molecule has 0 rings (SSSR count). The minimum Gasteiger partial charge on any atom is -0.373 e. The lowest BCUT2D eigenvalue weighted by Crippen LogP contribution is -2.38. The van der Waals surface area contributed by atoms with Crippen LogP contribution in [0.3, 0.4) is 0 Å². The van der Waals surface area contributed by atoms with Crippen molar-refractivity contribution in [1.29, 1.82) is 0 Å². The first-order chi connectivity index (χ1) is 5.07. The predicted molar refractivity (Wildman–Crippen MR) is 42.7 cm³/mol. The van der Waals surface area contributed by atoms with Gasteiger partial charge < -0.3 is 16.2 Å². The Morgan fingerprint density at radius 1 is 1.73 bits per heavy atom. The van der Waals surface area contributed by atoms with Gasteiger partial charge in [0.05, 0.1) is 0 Å². The van der Waals surface area contributed by atoms with Crippen LogP contribution in [-0.4, -0.2) is 23.8 Å². The first-order valence-electron chi connectivity index (χ1n) is 3.73. The molecule has 4 nitrogen and oxygen atoms in total. The lowest BCUT2D eigenvalue weighted by atomic mass is 10.1. The summed E-state index contributed by atoms with van der Waals surface area (Å²) in [5.41, 5.74) is 5.27. The van der Waals surface area contributed by atoms with Crippen molar-refractivity contribution < 1.29 is 9.90 Å². The summed E-state index contributed by atoms with van der Waals surface area (Å²) in [6.45, 7) is 3.74. The zero-order valence-corrected chi connectivity index (χ0v) is 7.00. The van der Waals surface area contributed by atoms with Crippen LogP contribution in [-0.2, 0) is 4.79 Å². The van der Waals surface area contributed by atoms with Gasteiger partial charge in [-0.1, -0.05) is 6.92 Å². The molecule has 0 heterocycles. The van der Waals surface area contributed by atoms with Crippen molar-refractivity contribution >= 4 is 5.91 Å². The van der Waals surface area contributed by atoms with Crippen LogP contribution >= 0.6 is 0 Å². The summed E-state index contributed by atoms with van der Waals surface area (Å²) in [6, 6.07) is 0. The first-order valence-corrected chi connectivity index (χ1v) is 3.73. The molecule has 11 heavy (non-hydrogen) atoms. The van der Waals surface area contributed by atoms with Gasteiger partial charge in [0, 0.05) is 12.8 Å². The van der Waals surface area contributed by atoms with Gasteiger partial charge >= 0.3 is 0 Å². The number of carbonyl (C=O) groups excluding carboxylic acids is 1. The lowest BCUT2D eigenvalue weighted by molar-refractivity contribution is -0.122. The summed E-state index contributed by atoms with van der Waals surface area (Å²) < 4.78 is 0. The molecule has 0 aliphatic rings. The van der Waals surface area contributed by atoms with Crippen molar-refractivity contribution in [3.05, 3.63) is 0 Å². The highest BCUT2D eigenvalue weighted by Gasteiger charge is 2.13. The highest BCUT2D eigenvalue weighted by molar-refractivity contribution is 5.72. The predicted octanol–water partition coefficient (Wildman–Crippen LogP) is -0.574. The Kier molecular flexibility index (Phi) is 4.81. The standard InChI is InChI=1S/C7H16N2O2/c1-5(3-4-8)7(11)9-6(2)10/h5,7,11H,3-4,8H2,1-2H3,(H,9,10)/t5?,7-/m1/s1. The van der Waals surface area contributed by atoms with E-state index in [1.807, 2.05) is 6.92 Å². The summed E-state index contributed by atoms with van der Waals surface area (Å²) in [5.74, 6) is -0.203. The van der Waals surface area contributed by atoms with Gasteiger partial charge in [-0.05, 0) is 13.0 Å². The number of amides is 1. The minimum atomic E-state index is -0.768. The van der Waals surface area contributed by atoms with Crippen molar-refractivity contribution in [2.45, 2.75) is 26.5 Å². The van der Waals surface area contributed by atoms with Crippen molar-refractivity contribution in [2.24, 2.45) is 11.7 Å². The van der Waals surface area contributed by atoms with Crippen LogP contribution in [0.5, 0.6) is 0 Å². The van der Waals surface area contributed by atoms with E-state index in [9.17, 15) is 9.90 Å². The smallest absolute Gasteiger partial charge is 0.218 e. The molecule has 0 saturated carbocycles. The van der Waals surface area contributed by atoms with Crippen LogP contribution in [0.15, 0.2) is 0 Å². The number of hydrogen-bond donors (Lipinski definition) is 3. The first kappa shape index (κ1) is 10.4. The van der Waals surface area contributed by atoms with Gasteiger partial charge in [0.25, 0.3) is 0 Å². The van der Waals surface area contributed by atoms with Gasteiger partial charge in [-0.3, -0.25) is 4.79 Å². The van der Waals surface area contributed by atoms with Crippen LogP contribution in [0.4, 0.5) is 0 Å². The molecule has 2 atom stereocenters. The summed E-state index contributed by atoms with van der Waals surface area (Å²) in [7, 11) is 0. The van der Waals surface area contributed by atoms with E-state index in [1.165, 1.54) is 6.92 Å². The number of nitrogens with two attached hydrogens (primary N) is 1. The fourth-order valence-electron chi connectivity index (χ4n) is 0.771. The molecule has 0 aliphatic heterocycles. The van der Waals surface area contributed by atoms with E-state index in [-0.39, 0.29) is 11.8 Å². The summed E-state index contributed by atoms with van der Waals surface area (Å²) in [5, 5.41) is 11.6. The molecule has 0 bridgehead atoms. The number of hydrogen-bond acceptors (Lipinski definition) is 3. The monoisotopic (exact) mass is 160 g/mol. The lowest BCUT2D eigenvalue weighted by Gasteiger charge is -2.18. The molecular weight excluding hydrogens is 144 g/mol. The molecule has 0 radical (unpaired) electrons. The number of carbonyl (C=O) groups is 1. The second-order valence-corrected chi connectivity index (χ2v) is 2.70. The molecule has 4 N–H and O–H groups in total. The Morgan fingerprint density at radius 2 is 2.27 bits per heavy atom. The molecule has 1 unspecified atom stereocenters.